The number of hydrogen-bond donors (Lipinski definition) is 4. The Morgan fingerprint density at radius 3 is 2.41 bits per heavy atom. The van der Waals surface area contributed by atoms with Gasteiger partial charge in [0, 0.05) is 34.8 Å². The van der Waals surface area contributed by atoms with Crippen molar-refractivity contribution in [2.75, 3.05) is 20.2 Å². The predicted octanol–water partition coefficient (Wildman–Crippen LogP) is 4.65. The number of halogens is 1. The van der Waals surface area contributed by atoms with Crippen LogP contribution < -0.4 is 15.4 Å². The second-order valence-electron chi connectivity index (χ2n) is 10.4. The Bertz CT molecular complexity index is 1700. The summed E-state index contributed by atoms with van der Waals surface area (Å²) in [6, 6.07) is 16.5. The first kappa shape index (κ1) is 30.6. The molecule has 2 amide bonds. The van der Waals surface area contributed by atoms with Gasteiger partial charge in [0.25, 0.3) is 5.91 Å². The fourth-order valence-corrected chi connectivity index (χ4v) is 5.17. The van der Waals surface area contributed by atoms with Gasteiger partial charge in [-0.1, -0.05) is 23.7 Å². The third-order valence-corrected chi connectivity index (χ3v) is 7.58. The first-order valence-corrected chi connectivity index (χ1v) is 14.6. The molecule has 0 bridgehead atoms. The maximum Gasteiger partial charge on any atom is 0.251 e. The summed E-state index contributed by atoms with van der Waals surface area (Å²) in [5.41, 5.74) is 3.48. The van der Waals surface area contributed by atoms with Crippen LogP contribution in [0.3, 0.4) is 0 Å². The summed E-state index contributed by atoms with van der Waals surface area (Å²) in [7, 11) is 1.61. The van der Waals surface area contributed by atoms with E-state index in [1.807, 2.05) is 41.8 Å². The quantitative estimate of drug-likeness (QED) is 0.141. The molecule has 0 aliphatic carbocycles. The van der Waals surface area contributed by atoms with E-state index in [1.165, 1.54) is 18.2 Å². The zero-order chi connectivity index (χ0) is 31.2. The number of rotatable bonds is 11. The number of carbonyl (C=O) groups excluding carboxylic acids is 2. The predicted molar refractivity (Wildman–Crippen MR) is 166 cm³/mol. The number of ether oxygens (including phenoxy) is 1. The van der Waals surface area contributed by atoms with E-state index < -0.39 is 6.04 Å². The lowest BCUT2D eigenvalue weighted by Crippen LogP contribution is -2.27. The first-order chi connectivity index (χ1) is 21.2. The molecule has 0 radical (unpaired) electrons. The Balaban J connectivity index is 1.22. The average Bonchev–Trinajstić information content (AvgIpc) is 3.34. The second-order valence-corrected chi connectivity index (χ2v) is 10.8. The van der Waals surface area contributed by atoms with Gasteiger partial charge >= 0.3 is 0 Å². The van der Waals surface area contributed by atoms with Gasteiger partial charge in [-0.15, -0.1) is 10.2 Å². The minimum absolute atomic E-state index is 0.0792. The number of benzene rings is 3. The average molecular weight is 617 g/mol. The number of aryl methyl sites for hydroxylation is 1. The molecule has 4 aromatic rings. The number of methoxy groups -OCH3 is 1. The molecule has 0 fully saturated rings. The zero-order valence-corrected chi connectivity index (χ0v) is 25.1. The van der Waals surface area contributed by atoms with Gasteiger partial charge in [-0.05, 0) is 74.7 Å². The van der Waals surface area contributed by atoms with E-state index >= 15 is 0 Å². The summed E-state index contributed by atoms with van der Waals surface area (Å²) in [5, 5.41) is 34.1. The molecule has 44 heavy (non-hydrogen) atoms. The van der Waals surface area contributed by atoms with Gasteiger partial charge in [0.2, 0.25) is 5.91 Å². The maximum atomic E-state index is 13.1. The van der Waals surface area contributed by atoms with Crippen molar-refractivity contribution in [3.63, 3.8) is 0 Å². The molecule has 0 spiro atoms. The number of unbranched alkanes of at least 4 members (excludes halogenated alkanes) is 2. The van der Waals surface area contributed by atoms with Crippen molar-refractivity contribution in [3.8, 4) is 22.9 Å². The van der Waals surface area contributed by atoms with E-state index in [1.54, 1.807) is 19.2 Å². The summed E-state index contributed by atoms with van der Waals surface area (Å²) in [5.74, 6) is 0.811. The van der Waals surface area contributed by atoms with E-state index in [-0.39, 0.29) is 35.3 Å². The molecule has 228 valence electrons. The van der Waals surface area contributed by atoms with E-state index in [0.29, 0.717) is 47.6 Å². The van der Waals surface area contributed by atoms with E-state index in [9.17, 15) is 19.8 Å². The summed E-state index contributed by atoms with van der Waals surface area (Å²) in [6.45, 7) is 2.78. The van der Waals surface area contributed by atoms with E-state index in [4.69, 9.17) is 21.3 Å². The normalized spacial score (nSPS) is 13.7. The monoisotopic (exact) mass is 616 g/mol. The number of amides is 2. The fourth-order valence-electron chi connectivity index (χ4n) is 5.05. The largest absolute Gasteiger partial charge is 0.504 e. The number of aromatic nitrogens is 3. The van der Waals surface area contributed by atoms with Gasteiger partial charge < -0.3 is 25.6 Å². The van der Waals surface area contributed by atoms with Crippen molar-refractivity contribution < 1.29 is 24.5 Å². The highest BCUT2D eigenvalue weighted by Crippen LogP contribution is 2.34. The molecule has 0 unspecified atom stereocenters. The number of carbonyl (C=O) groups is 2. The van der Waals surface area contributed by atoms with Gasteiger partial charge in [-0.25, -0.2) is 0 Å². The van der Waals surface area contributed by atoms with Crippen LogP contribution in [0.2, 0.25) is 5.02 Å². The second kappa shape index (κ2) is 13.6. The smallest absolute Gasteiger partial charge is 0.251 e. The number of phenolic OH excluding ortho intramolecular Hbond substituents is 2. The molecule has 11 nitrogen and oxygen atoms in total. The highest BCUT2D eigenvalue weighted by Gasteiger charge is 2.30. The van der Waals surface area contributed by atoms with Crippen LogP contribution in [0.5, 0.6) is 17.2 Å². The number of nitrogens with zero attached hydrogens (tertiary/aromatic N) is 4. The lowest BCUT2D eigenvalue weighted by Gasteiger charge is -2.14. The number of aliphatic imine (C=N–C) groups is 1. The van der Waals surface area contributed by atoms with E-state index in [0.717, 1.165) is 29.7 Å². The van der Waals surface area contributed by atoms with Crippen molar-refractivity contribution in [1.82, 2.24) is 25.4 Å². The molecule has 0 saturated heterocycles. The van der Waals surface area contributed by atoms with Gasteiger partial charge in [0.15, 0.2) is 17.3 Å². The van der Waals surface area contributed by atoms with Gasteiger partial charge in [-0.2, -0.15) is 0 Å². The molecule has 3 aromatic carbocycles. The third kappa shape index (κ3) is 6.84. The fraction of sp³-hybridized carbons (Fsp3) is 0.281. The van der Waals surface area contributed by atoms with Crippen LogP contribution in [0.15, 0.2) is 65.7 Å². The minimum Gasteiger partial charge on any atom is -0.504 e. The summed E-state index contributed by atoms with van der Waals surface area (Å²) < 4.78 is 7.45. The molecule has 1 aliphatic heterocycles. The lowest BCUT2D eigenvalue weighted by atomic mass is 10.00. The van der Waals surface area contributed by atoms with Crippen molar-refractivity contribution in [3.05, 3.63) is 94.0 Å². The van der Waals surface area contributed by atoms with Crippen molar-refractivity contribution >= 4 is 29.1 Å². The van der Waals surface area contributed by atoms with E-state index in [2.05, 4.69) is 20.8 Å². The van der Waals surface area contributed by atoms with Crippen LogP contribution in [0.25, 0.3) is 5.69 Å². The minimum atomic E-state index is -0.588. The molecule has 12 heteroatoms. The standard InChI is InChI=1S/C32H33ClN6O5/c1-19-37-38-31-25(18-29(42)34-14-4-3-5-15-35-32(43)21-8-13-27(40)28(41)16-21)36-30(20-6-9-22(33)10-7-20)24-17-23(44-2)11-12-26(24)39(19)31/h6-13,16-17,25,40-41H,3-5,14-15,18H2,1-2H3,(H,34,42)(H,35,43)/t25-/m0/s1. The molecule has 0 saturated carbocycles. The van der Waals surface area contributed by atoms with Crippen molar-refractivity contribution in [2.24, 2.45) is 4.99 Å². The molecule has 1 aromatic heterocycles. The molecule has 2 heterocycles. The molecule has 1 atom stereocenters. The number of fused-ring (bicyclic) bond motifs is 3. The molecular formula is C32H33ClN6O5. The number of phenols is 2. The summed E-state index contributed by atoms with van der Waals surface area (Å²) in [4.78, 5) is 30.4. The zero-order valence-electron chi connectivity index (χ0n) is 24.4. The maximum absolute atomic E-state index is 13.1. The molecule has 4 N–H and O–H groups in total. The Morgan fingerprint density at radius 2 is 1.68 bits per heavy atom. The highest BCUT2D eigenvalue weighted by atomic mass is 35.5. The van der Waals surface area contributed by atoms with Crippen LogP contribution in [-0.4, -0.2) is 62.7 Å². The topological polar surface area (TPSA) is 151 Å². The number of hydrogen-bond acceptors (Lipinski definition) is 8. The van der Waals surface area contributed by atoms with Crippen molar-refractivity contribution in [1.29, 1.82) is 0 Å². The molecule has 1 aliphatic rings. The Labute approximate surface area is 259 Å². The van der Waals surface area contributed by atoms with Crippen LogP contribution in [-0.2, 0) is 4.79 Å². The molecular weight excluding hydrogens is 584 g/mol. The lowest BCUT2D eigenvalue weighted by molar-refractivity contribution is -0.121. The Kier molecular flexibility index (Phi) is 9.44. The SMILES string of the molecule is COc1ccc2c(c1)C(c1ccc(Cl)cc1)=N[C@@H](CC(=O)NCCCCCNC(=O)c1ccc(O)c(O)c1)c1nnc(C)n1-2. The molecule has 5 rings (SSSR count). The third-order valence-electron chi connectivity index (χ3n) is 7.33. The highest BCUT2D eigenvalue weighted by molar-refractivity contribution is 6.30. The van der Waals surface area contributed by atoms with Crippen LogP contribution in [0.1, 0.15) is 64.9 Å². The van der Waals surface area contributed by atoms with Gasteiger partial charge in [0.1, 0.15) is 17.6 Å². The Hall–Kier alpha value is -4.90. The van der Waals surface area contributed by atoms with Crippen molar-refractivity contribution in [2.45, 2.75) is 38.6 Å². The Morgan fingerprint density at radius 1 is 0.932 bits per heavy atom. The van der Waals surface area contributed by atoms with Crippen LogP contribution in [0, 0.1) is 6.92 Å². The summed E-state index contributed by atoms with van der Waals surface area (Å²) >= 11 is 6.17. The van der Waals surface area contributed by atoms with Crippen LogP contribution in [0.4, 0.5) is 0 Å². The van der Waals surface area contributed by atoms with Gasteiger partial charge in [-0.3, -0.25) is 19.1 Å². The number of nitrogens with one attached hydrogen (secondary N) is 2. The van der Waals surface area contributed by atoms with Gasteiger partial charge in [0.05, 0.1) is 24.9 Å². The first-order valence-electron chi connectivity index (χ1n) is 14.3. The van der Waals surface area contributed by atoms with Crippen LogP contribution >= 0.6 is 11.6 Å². The number of aromatic hydroxyl groups is 2. The summed E-state index contributed by atoms with van der Waals surface area (Å²) in [6.07, 6.45) is 2.31.